The van der Waals surface area contributed by atoms with Crippen LogP contribution in [0.25, 0.3) is 0 Å². The molecule has 1 N–H and O–H groups in total. The third kappa shape index (κ3) is 2.61. The lowest BCUT2D eigenvalue weighted by Gasteiger charge is -2.25. The molecule has 0 saturated carbocycles. The van der Waals surface area contributed by atoms with E-state index in [0.717, 1.165) is 19.5 Å². The van der Waals surface area contributed by atoms with Crippen molar-refractivity contribution in [3.63, 3.8) is 0 Å². The molecule has 0 spiro atoms. The fourth-order valence-electron chi connectivity index (χ4n) is 1.78. The zero-order valence-corrected chi connectivity index (χ0v) is 8.84. The molecule has 13 heavy (non-hydrogen) atoms. The quantitative estimate of drug-likeness (QED) is 0.710. The summed E-state index contributed by atoms with van der Waals surface area (Å²) in [7, 11) is 0. The number of amides is 2. The summed E-state index contributed by atoms with van der Waals surface area (Å²) in [6.07, 6.45) is 2.31. The van der Waals surface area contributed by atoms with Crippen LogP contribution in [0.15, 0.2) is 0 Å². The Kier molecular flexibility index (Phi) is 3.58. The summed E-state index contributed by atoms with van der Waals surface area (Å²) in [5.41, 5.74) is 0. The predicted molar refractivity (Wildman–Crippen MR) is 53.6 cm³/mol. The normalized spacial score (nSPS) is 21.5. The lowest BCUT2D eigenvalue weighted by Crippen LogP contribution is -2.36. The van der Waals surface area contributed by atoms with Crippen LogP contribution in [0.1, 0.15) is 33.6 Å². The highest BCUT2D eigenvalue weighted by Gasteiger charge is 2.25. The van der Waals surface area contributed by atoms with Crippen molar-refractivity contribution in [1.82, 2.24) is 10.2 Å². The van der Waals surface area contributed by atoms with Crippen molar-refractivity contribution in [2.75, 3.05) is 13.1 Å². The van der Waals surface area contributed by atoms with Crippen LogP contribution >= 0.6 is 0 Å². The van der Waals surface area contributed by atoms with Gasteiger partial charge in [-0.25, -0.2) is 4.79 Å². The maximum absolute atomic E-state index is 11.3. The first-order valence-corrected chi connectivity index (χ1v) is 5.19. The van der Waals surface area contributed by atoms with E-state index in [-0.39, 0.29) is 6.03 Å². The van der Waals surface area contributed by atoms with Crippen molar-refractivity contribution < 1.29 is 4.79 Å². The number of carbonyl (C=O) groups is 1. The SMILES string of the molecule is CCC(C)CC(C)N1CCNC1=O. The predicted octanol–water partition coefficient (Wildman–Crippen LogP) is 1.84. The molecule has 0 aromatic carbocycles. The third-order valence-corrected chi connectivity index (χ3v) is 2.86. The molecule has 2 unspecified atom stereocenters. The number of hydrogen-bond acceptors (Lipinski definition) is 1. The molecule has 1 fully saturated rings. The van der Waals surface area contributed by atoms with Crippen molar-refractivity contribution in [3.05, 3.63) is 0 Å². The average molecular weight is 184 g/mol. The monoisotopic (exact) mass is 184 g/mol. The molecule has 1 aliphatic rings. The standard InChI is InChI=1S/C10H20N2O/c1-4-8(2)7-9(3)12-6-5-11-10(12)13/h8-9H,4-7H2,1-3H3,(H,11,13). The van der Waals surface area contributed by atoms with E-state index >= 15 is 0 Å². The minimum Gasteiger partial charge on any atom is -0.336 e. The summed E-state index contributed by atoms with van der Waals surface area (Å²) in [5.74, 6) is 0.711. The number of urea groups is 1. The summed E-state index contributed by atoms with van der Waals surface area (Å²) in [5, 5.41) is 2.83. The molecule has 0 aromatic heterocycles. The van der Waals surface area contributed by atoms with Gasteiger partial charge in [0.05, 0.1) is 0 Å². The second-order valence-electron chi connectivity index (χ2n) is 4.02. The Hall–Kier alpha value is -0.730. The first-order valence-electron chi connectivity index (χ1n) is 5.19. The van der Waals surface area contributed by atoms with Crippen LogP contribution in [-0.4, -0.2) is 30.1 Å². The maximum atomic E-state index is 11.3. The summed E-state index contributed by atoms with van der Waals surface area (Å²) in [6, 6.07) is 0.494. The second-order valence-corrected chi connectivity index (χ2v) is 4.02. The van der Waals surface area contributed by atoms with Crippen molar-refractivity contribution in [2.24, 2.45) is 5.92 Å². The van der Waals surface area contributed by atoms with Gasteiger partial charge < -0.3 is 10.2 Å². The molecule has 76 valence electrons. The molecule has 1 heterocycles. The van der Waals surface area contributed by atoms with E-state index in [1.54, 1.807) is 0 Å². The summed E-state index contributed by atoms with van der Waals surface area (Å²) >= 11 is 0. The van der Waals surface area contributed by atoms with Gasteiger partial charge in [0.1, 0.15) is 0 Å². The highest BCUT2D eigenvalue weighted by Crippen LogP contribution is 2.15. The van der Waals surface area contributed by atoms with Gasteiger partial charge in [-0.1, -0.05) is 20.3 Å². The molecule has 1 aliphatic heterocycles. The average Bonchev–Trinajstić information content (AvgIpc) is 2.51. The zero-order valence-electron chi connectivity index (χ0n) is 8.84. The van der Waals surface area contributed by atoms with E-state index in [0.29, 0.717) is 12.0 Å². The Labute approximate surface area is 80.5 Å². The molecule has 2 amide bonds. The smallest absolute Gasteiger partial charge is 0.317 e. The first kappa shape index (κ1) is 10.4. The van der Waals surface area contributed by atoms with Gasteiger partial charge in [-0.15, -0.1) is 0 Å². The number of nitrogens with zero attached hydrogens (tertiary/aromatic N) is 1. The van der Waals surface area contributed by atoms with Gasteiger partial charge >= 0.3 is 6.03 Å². The van der Waals surface area contributed by atoms with Gasteiger partial charge in [-0.3, -0.25) is 0 Å². The van der Waals surface area contributed by atoms with Gasteiger partial charge in [-0.2, -0.15) is 0 Å². The number of hydrogen-bond donors (Lipinski definition) is 1. The molecule has 3 heteroatoms. The van der Waals surface area contributed by atoms with E-state index in [1.807, 2.05) is 4.90 Å². The molecule has 1 saturated heterocycles. The summed E-state index contributed by atoms with van der Waals surface area (Å²) in [6.45, 7) is 8.25. The van der Waals surface area contributed by atoms with E-state index in [1.165, 1.54) is 6.42 Å². The largest absolute Gasteiger partial charge is 0.336 e. The lowest BCUT2D eigenvalue weighted by molar-refractivity contribution is 0.192. The Morgan fingerprint density at radius 2 is 2.23 bits per heavy atom. The van der Waals surface area contributed by atoms with Gasteiger partial charge in [0.15, 0.2) is 0 Å². The Morgan fingerprint density at radius 3 is 2.69 bits per heavy atom. The fraction of sp³-hybridized carbons (Fsp3) is 0.900. The van der Waals surface area contributed by atoms with Crippen molar-refractivity contribution in [3.8, 4) is 0 Å². The van der Waals surface area contributed by atoms with Crippen LogP contribution in [0.4, 0.5) is 4.79 Å². The fourth-order valence-corrected chi connectivity index (χ4v) is 1.78. The summed E-state index contributed by atoms with van der Waals surface area (Å²) < 4.78 is 0. The Morgan fingerprint density at radius 1 is 1.54 bits per heavy atom. The molecule has 1 rings (SSSR count). The molecular formula is C10H20N2O. The van der Waals surface area contributed by atoms with Gasteiger partial charge in [0, 0.05) is 19.1 Å². The van der Waals surface area contributed by atoms with E-state index in [4.69, 9.17) is 0 Å². The molecule has 0 aliphatic carbocycles. The van der Waals surface area contributed by atoms with Crippen LogP contribution in [0.5, 0.6) is 0 Å². The van der Waals surface area contributed by atoms with Gasteiger partial charge in [-0.05, 0) is 19.3 Å². The highest BCUT2D eigenvalue weighted by atomic mass is 16.2. The molecular weight excluding hydrogens is 164 g/mol. The summed E-state index contributed by atoms with van der Waals surface area (Å²) in [4.78, 5) is 13.2. The molecule has 2 atom stereocenters. The van der Waals surface area contributed by atoms with Crippen LogP contribution in [0, 0.1) is 5.92 Å². The topological polar surface area (TPSA) is 32.3 Å². The third-order valence-electron chi connectivity index (χ3n) is 2.86. The van der Waals surface area contributed by atoms with Crippen molar-refractivity contribution >= 4 is 6.03 Å². The zero-order chi connectivity index (χ0) is 9.84. The second kappa shape index (κ2) is 4.49. The van der Waals surface area contributed by atoms with E-state index in [2.05, 4.69) is 26.1 Å². The van der Waals surface area contributed by atoms with Crippen molar-refractivity contribution in [1.29, 1.82) is 0 Å². The molecule has 0 radical (unpaired) electrons. The van der Waals surface area contributed by atoms with Crippen molar-refractivity contribution in [2.45, 2.75) is 39.7 Å². The van der Waals surface area contributed by atoms with Crippen LogP contribution in [-0.2, 0) is 0 Å². The minimum absolute atomic E-state index is 0.107. The maximum Gasteiger partial charge on any atom is 0.317 e. The van der Waals surface area contributed by atoms with Gasteiger partial charge in [0.2, 0.25) is 0 Å². The van der Waals surface area contributed by atoms with Crippen LogP contribution in [0.3, 0.4) is 0 Å². The molecule has 3 nitrogen and oxygen atoms in total. The molecule has 0 bridgehead atoms. The minimum atomic E-state index is 0.107. The number of carbonyl (C=O) groups excluding carboxylic acids is 1. The van der Waals surface area contributed by atoms with Crippen LogP contribution < -0.4 is 5.32 Å². The Bertz CT molecular complexity index is 182. The highest BCUT2D eigenvalue weighted by molar-refractivity contribution is 5.76. The number of nitrogens with one attached hydrogen (secondary N) is 1. The lowest BCUT2D eigenvalue weighted by atomic mass is 10.00. The van der Waals surface area contributed by atoms with Crippen LogP contribution in [0.2, 0.25) is 0 Å². The van der Waals surface area contributed by atoms with E-state index in [9.17, 15) is 4.79 Å². The first-order chi connectivity index (χ1) is 6.15. The van der Waals surface area contributed by atoms with Gasteiger partial charge in [0.25, 0.3) is 0 Å². The molecule has 0 aromatic rings. The Balaban J connectivity index is 2.38. The number of rotatable bonds is 4. The van der Waals surface area contributed by atoms with E-state index < -0.39 is 0 Å².